The van der Waals surface area contributed by atoms with E-state index in [4.69, 9.17) is 4.74 Å². The Morgan fingerprint density at radius 2 is 2.12 bits per heavy atom. The van der Waals surface area contributed by atoms with Gasteiger partial charge in [-0.1, -0.05) is 19.8 Å². The van der Waals surface area contributed by atoms with Crippen LogP contribution in [0.5, 0.6) is 5.75 Å². The van der Waals surface area contributed by atoms with Crippen molar-refractivity contribution in [3.05, 3.63) is 28.5 Å². The largest absolute Gasteiger partial charge is 0.492 e. The maximum atomic E-state index is 12.9. The molecule has 0 aliphatic carbocycles. The number of hydrogen-bond acceptors (Lipinski definition) is 2. The van der Waals surface area contributed by atoms with Crippen LogP contribution in [0.3, 0.4) is 0 Å². The first-order valence-corrected chi connectivity index (χ1v) is 6.82. The maximum absolute atomic E-state index is 12.9. The van der Waals surface area contributed by atoms with E-state index in [1.165, 1.54) is 25.3 Å². The third-order valence-corrected chi connectivity index (χ3v) is 3.00. The second-order valence-corrected chi connectivity index (χ2v) is 4.74. The van der Waals surface area contributed by atoms with E-state index >= 15 is 0 Å². The van der Waals surface area contributed by atoms with Crippen LogP contribution in [0.4, 0.5) is 4.39 Å². The molecule has 96 valence electrons. The number of halogens is 2. The van der Waals surface area contributed by atoms with E-state index in [1.54, 1.807) is 12.1 Å². The Bertz CT molecular complexity index is 333. The first-order chi connectivity index (χ1) is 8.24. The molecule has 2 nitrogen and oxygen atoms in total. The highest BCUT2D eigenvalue weighted by molar-refractivity contribution is 9.10. The minimum Gasteiger partial charge on any atom is -0.492 e. The van der Waals surface area contributed by atoms with Gasteiger partial charge in [-0.2, -0.15) is 0 Å². The van der Waals surface area contributed by atoms with E-state index in [2.05, 4.69) is 28.2 Å². The molecule has 17 heavy (non-hydrogen) atoms. The molecule has 0 aliphatic rings. The topological polar surface area (TPSA) is 21.3 Å². The smallest absolute Gasteiger partial charge is 0.137 e. The van der Waals surface area contributed by atoms with Crippen molar-refractivity contribution < 1.29 is 9.13 Å². The molecular formula is C13H19BrFNO. The van der Waals surface area contributed by atoms with Crippen molar-refractivity contribution in [1.82, 2.24) is 5.32 Å². The zero-order chi connectivity index (χ0) is 12.5. The fourth-order valence-corrected chi connectivity index (χ4v) is 1.79. The Morgan fingerprint density at radius 3 is 2.82 bits per heavy atom. The number of hydrogen-bond donors (Lipinski definition) is 1. The third-order valence-electron chi connectivity index (χ3n) is 2.40. The van der Waals surface area contributed by atoms with Gasteiger partial charge in [0.1, 0.15) is 18.2 Å². The molecule has 0 saturated heterocycles. The van der Waals surface area contributed by atoms with E-state index in [1.807, 2.05) is 0 Å². The van der Waals surface area contributed by atoms with E-state index in [-0.39, 0.29) is 5.82 Å². The van der Waals surface area contributed by atoms with Crippen LogP contribution in [0.2, 0.25) is 0 Å². The highest BCUT2D eigenvalue weighted by atomic mass is 79.9. The van der Waals surface area contributed by atoms with E-state index < -0.39 is 0 Å². The Balaban J connectivity index is 2.11. The summed E-state index contributed by atoms with van der Waals surface area (Å²) in [6, 6.07) is 4.68. The predicted octanol–water partition coefficient (Wildman–Crippen LogP) is 3.75. The summed E-state index contributed by atoms with van der Waals surface area (Å²) < 4.78 is 18.9. The Kier molecular flexibility index (Phi) is 7.21. The minimum absolute atomic E-state index is 0.268. The maximum Gasteiger partial charge on any atom is 0.137 e. The van der Waals surface area contributed by atoms with Crippen LogP contribution in [0.1, 0.15) is 26.2 Å². The number of unbranched alkanes of at least 4 members (excludes halogenated alkanes) is 2. The molecule has 1 aromatic rings. The Labute approximate surface area is 111 Å². The van der Waals surface area contributed by atoms with Gasteiger partial charge >= 0.3 is 0 Å². The van der Waals surface area contributed by atoms with Gasteiger partial charge in [-0.05, 0) is 47.1 Å². The van der Waals surface area contributed by atoms with Crippen molar-refractivity contribution in [2.45, 2.75) is 26.2 Å². The summed E-state index contributed by atoms with van der Waals surface area (Å²) in [4.78, 5) is 0. The number of nitrogens with one attached hydrogen (secondary N) is 1. The third kappa shape index (κ3) is 6.03. The average Bonchev–Trinajstić information content (AvgIpc) is 2.32. The molecule has 0 unspecified atom stereocenters. The predicted molar refractivity (Wildman–Crippen MR) is 72.0 cm³/mol. The molecule has 1 N–H and O–H groups in total. The zero-order valence-corrected chi connectivity index (χ0v) is 11.7. The summed E-state index contributed by atoms with van der Waals surface area (Å²) in [5.41, 5.74) is 0. The minimum atomic E-state index is -0.268. The second-order valence-electron chi connectivity index (χ2n) is 3.88. The van der Waals surface area contributed by atoms with Gasteiger partial charge in [0.25, 0.3) is 0 Å². The van der Waals surface area contributed by atoms with E-state index in [0.29, 0.717) is 16.8 Å². The van der Waals surface area contributed by atoms with Crippen molar-refractivity contribution in [3.8, 4) is 5.75 Å². The van der Waals surface area contributed by atoms with Gasteiger partial charge in [0.15, 0.2) is 0 Å². The molecule has 0 heterocycles. The highest BCUT2D eigenvalue weighted by Crippen LogP contribution is 2.21. The van der Waals surface area contributed by atoms with Crippen molar-refractivity contribution >= 4 is 15.9 Å². The molecule has 0 fully saturated rings. The van der Waals surface area contributed by atoms with Gasteiger partial charge in [-0.25, -0.2) is 4.39 Å². The van der Waals surface area contributed by atoms with Crippen molar-refractivity contribution in [1.29, 1.82) is 0 Å². The number of benzene rings is 1. The first kappa shape index (κ1) is 14.5. The molecule has 1 aromatic carbocycles. The molecular weight excluding hydrogens is 285 g/mol. The normalized spacial score (nSPS) is 10.5. The molecule has 0 amide bonds. The molecule has 0 aromatic heterocycles. The van der Waals surface area contributed by atoms with Crippen LogP contribution in [0.25, 0.3) is 0 Å². The zero-order valence-electron chi connectivity index (χ0n) is 10.1. The lowest BCUT2D eigenvalue weighted by Crippen LogP contribution is -2.22. The fourth-order valence-electron chi connectivity index (χ4n) is 1.43. The molecule has 0 atom stereocenters. The highest BCUT2D eigenvalue weighted by Gasteiger charge is 2.00. The van der Waals surface area contributed by atoms with E-state index in [9.17, 15) is 4.39 Å². The van der Waals surface area contributed by atoms with Crippen molar-refractivity contribution in [3.63, 3.8) is 0 Å². The van der Waals surface area contributed by atoms with E-state index in [0.717, 1.165) is 13.1 Å². The summed E-state index contributed by atoms with van der Waals surface area (Å²) in [5, 5.41) is 3.31. The fraction of sp³-hybridized carbons (Fsp3) is 0.538. The summed E-state index contributed by atoms with van der Waals surface area (Å²) in [5.74, 6) is 0.420. The lowest BCUT2D eigenvalue weighted by molar-refractivity contribution is 0.313. The Hall–Kier alpha value is -0.610. The van der Waals surface area contributed by atoms with Gasteiger partial charge in [0, 0.05) is 6.54 Å². The quantitative estimate of drug-likeness (QED) is 0.739. The van der Waals surface area contributed by atoms with Gasteiger partial charge < -0.3 is 10.1 Å². The summed E-state index contributed by atoms with van der Waals surface area (Å²) in [6.45, 7) is 4.64. The van der Waals surface area contributed by atoms with Crippen LogP contribution < -0.4 is 10.1 Å². The monoisotopic (exact) mass is 303 g/mol. The van der Waals surface area contributed by atoms with Crippen LogP contribution >= 0.6 is 15.9 Å². The van der Waals surface area contributed by atoms with Crippen LogP contribution in [0, 0.1) is 5.82 Å². The summed E-state index contributed by atoms with van der Waals surface area (Å²) >= 11 is 3.13. The summed E-state index contributed by atoms with van der Waals surface area (Å²) in [7, 11) is 0. The number of rotatable bonds is 8. The molecule has 0 saturated carbocycles. The van der Waals surface area contributed by atoms with Gasteiger partial charge in [0.2, 0.25) is 0 Å². The SMILES string of the molecule is CCCCCNCCOc1ccc(F)c(Br)c1. The second kappa shape index (κ2) is 8.48. The molecule has 0 aliphatic heterocycles. The van der Waals surface area contributed by atoms with Gasteiger partial charge in [-0.3, -0.25) is 0 Å². The van der Waals surface area contributed by atoms with Crippen LogP contribution in [0.15, 0.2) is 22.7 Å². The van der Waals surface area contributed by atoms with Crippen molar-refractivity contribution in [2.75, 3.05) is 19.7 Å². The van der Waals surface area contributed by atoms with Crippen LogP contribution in [-0.2, 0) is 0 Å². The first-order valence-electron chi connectivity index (χ1n) is 6.02. The molecule has 4 heteroatoms. The average molecular weight is 304 g/mol. The van der Waals surface area contributed by atoms with Crippen molar-refractivity contribution in [2.24, 2.45) is 0 Å². The Morgan fingerprint density at radius 1 is 1.29 bits per heavy atom. The summed E-state index contributed by atoms with van der Waals surface area (Å²) in [6.07, 6.45) is 3.71. The number of ether oxygens (including phenoxy) is 1. The standard InChI is InChI=1S/C13H19BrFNO/c1-2-3-4-7-16-8-9-17-11-5-6-13(15)12(14)10-11/h5-6,10,16H,2-4,7-9H2,1H3. The van der Waals surface area contributed by atoms with Gasteiger partial charge in [0.05, 0.1) is 4.47 Å². The lowest BCUT2D eigenvalue weighted by atomic mass is 10.2. The molecule has 0 spiro atoms. The van der Waals surface area contributed by atoms with Crippen LogP contribution in [-0.4, -0.2) is 19.7 Å². The van der Waals surface area contributed by atoms with Gasteiger partial charge in [-0.15, -0.1) is 0 Å². The molecule has 0 bridgehead atoms. The lowest BCUT2D eigenvalue weighted by Gasteiger charge is -2.08. The molecule has 0 radical (unpaired) electrons. The molecule has 1 rings (SSSR count).